The summed E-state index contributed by atoms with van der Waals surface area (Å²) in [6.45, 7) is 0.417. The summed E-state index contributed by atoms with van der Waals surface area (Å²) in [6.07, 6.45) is 11.4. The van der Waals surface area contributed by atoms with E-state index in [9.17, 15) is 13.2 Å². The highest BCUT2D eigenvalue weighted by atomic mass is 32.2. The number of piperidine rings is 1. The fourth-order valence-electron chi connectivity index (χ4n) is 6.65. The molecule has 2 aromatic carbocycles. The monoisotopic (exact) mass is 544 g/mol. The molecule has 3 aliphatic rings. The van der Waals surface area contributed by atoms with Crippen LogP contribution in [0.5, 0.6) is 5.75 Å². The topological polar surface area (TPSA) is 80.1 Å². The highest BCUT2D eigenvalue weighted by Gasteiger charge is 2.54. The SMILES string of the molecule is COc1ccc2c(c1)[C@]13CCN(S(=O)(=O)c4ccccc4)[C@H](C2)C1=CC[C@@H](N(C)C(=O)/C=C/c1ccoc1)C3. The number of hydrogen-bond acceptors (Lipinski definition) is 5. The van der Waals surface area contributed by atoms with Crippen LogP contribution in [0.3, 0.4) is 0 Å². The van der Waals surface area contributed by atoms with E-state index >= 15 is 0 Å². The fraction of sp³-hybridized carbons (Fsp3) is 0.323. The van der Waals surface area contributed by atoms with Crippen molar-refractivity contribution in [2.24, 2.45) is 0 Å². The molecule has 2 bridgehead atoms. The molecule has 2 heterocycles. The summed E-state index contributed by atoms with van der Waals surface area (Å²) in [7, 11) is -0.151. The lowest BCUT2D eigenvalue weighted by Gasteiger charge is -2.56. The molecule has 0 saturated carbocycles. The molecule has 1 aromatic heterocycles. The fourth-order valence-corrected chi connectivity index (χ4v) is 8.27. The number of rotatable bonds is 6. The van der Waals surface area contributed by atoms with Crippen LogP contribution in [0.4, 0.5) is 0 Å². The number of carbonyl (C=O) groups is 1. The molecule has 39 heavy (non-hydrogen) atoms. The first-order chi connectivity index (χ1) is 18.8. The van der Waals surface area contributed by atoms with E-state index in [2.05, 4.69) is 18.2 Å². The number of carbonyl (C=O) groups excluding carboxylic acids is 1. The second-order valence-electron chi connectivity index (χ2n) is 10.6. The van der Waals surface area contributed by atoms with Crippen LogP contribution in [0.15, 0.2) is 94.2 Å². The molecular formula is C31H32N2O5S. The molecule has 8 heteroatoms. The summed E-state index contributed by atoms with van der Waals surface area (Å²) in [6, 6.07) is 16.4. The first-order valence-corrected chi connectivity index (χ1v) is 14.7. The van der Waals surface area contributed by atoms with Gasteiger partial charge in [-0.2, -0.15) is 4.31 Å². The maximum atomic E-state index is 13.8. The van der Waals surface area contributed by atoms with Crippen molar-refractivity contribution in [3.8, 4) is 5.75 Å². The summed E-state index contributed by atoms with van der Waals surface area (Å²) in [5, 5.41) is 0. The number of amides is 1. The largest absolute Gasteiger partial charge is 0.497 e. The molecule has 1 saturated heterocycles. The molecule has 7 nitrogen and oxygen atoms in total. The zero-order valence-electron chi connectivity index (χ0n) is 22.1. The summed E-state index contributed by atoms with van der Waals surface area (Å²) < 4.78 is 40.0. The summed E-state index contributed by atoms with van der Waals surface area (Å²) in [5.74, 6) is 0.714. The van der Waals surface area contributed by atoms with Crippen LogP contribution in [-0.2, 0) is 26.7 Å². The first kappa shape index (κ1) is 25.6. The zero-order valence-corrected chi connectivity index (χ0v) is 22.9. The van der Waals surface area contributed by atoms with Gasteiger partial charge in [-0.1, -0.05) is 30.3 Å². The number of benzene rings is 2. The highest BCUT2D eigenvalue weighted by molar-refractivity contribution is 7.89. The Hall–Kier alpha value is -3.62. The van der Waals surface area contributed by atoms with Crippen LogP contribution in [-0.4, -0.2) is 56.3 Å². The maximum Gasteiger partial charge on any atom is 0.246 e. The minimum atomic E-state index is -3.67. The van der Waals surface area contributed by atoms with E-state index in [4.69, 9.17) is 9.15 Å². The number of methoxy groups -OCH3 is 1. The number of fused-ring (bicyclic) bond motifs is 1. The van der Waals surface area contributed by atoms with E-state index in [0.29, 0.717) is 30.7 Å². The van der Waals surface area contributed by atoms with Gasteiger partial charge in [-0.25, -0.2) is 8.42 Å². The number of hydrogen-bond donors (Lipinski definition) is 0. The van der Waals surface area contributed by atoms with Gasteiger partial charge in [-0.15, -0.1) is 0 Å². The van der Waals surface area contributed by atoms with Gasteiger partial charge in [0.1, 0.15) is 5.75 Å². The average molecular weight is 545 g/mol. The lowest BCUT2D eigenvalue weighted by molar-refractivity contribution is -0.127. The van der Waals surface area contributed by atoms with Crippen molar-refractivity contribution in [2.75, 3.05) is 20.7 Å². The van der Waals surface area contributed by atoms with Crippen LogP contribution >= 0.6 is 0 Å². The second kappa shape index (κ2) is 9.84. The Kier molecular flexibility index (Phi) is 6.47. The molecule has 1 aliphatic heterocycles. The third-order valence-electron chi connectivity index (χ3n) is 8.66. The van der Waals surface area contributed by atoms with Crippen molar-refractivity contribution in [1.29, 1.82) is 0 Å². The van der Waals surface area contributed by atoms with Gasteiger partial charge in [0.15, 0.2) is 0 Å². The van der Waals surface area contributed by atoms with Crippen molar-refractivity contribution in [3.05, 3.63) is 102 Å². The van der Waals surface area contributed by atoms with Gasteiger partial charge in [0, 0.05) is 36.7 Å². The number of nitrogens with zero attached hydrogens (tertiary/aromatic N) is 2. The Morgan fingerprint density at radius 1 is 1.18 bits per heavy atom. The molecule has 0 unspecified atom stereocenters. The molecule has 202 valence electrons. The number of ether oxygens (including phenoxy) is 1. The van der Waals surface area contributed by atoms with Gasteiger partial charge >= 0.3 is 0 Å². The average Bonchev–Trinajstić information content (AvgIpc) is 3.49. The van der Waals surface area contributed by atoms with Crippen molar-refractivity contribution in [1.82, 2.24) is 9.21 Å². The van der Waals surface area contributed by atoms with E-state index in [1.165, 1.54) is 5.56 Å². The van der Waals surface area contributed by atoms with Gasteiger partial charge in [0.25, 0.3) is 0 Å². The Balaban J connectivity index is 1.38. The van der Waals surface area contributed by atoms with E-state index in [1.54, 1.807) is 60.4 Å². The van der Waals surface area contributed by atoms with Crippen LogP contribution < -0.4 is 4.74 Å². The summed E-state index contributed by atoms with van der Waals surface area (Å²) in [4.78, 5) is 15.3. The summed E-state index contributed by atoms with van der Waals surface area (Å²) >= 11 is 0. The Bertz CT molecular complexity index is 1540. The van der Waals surface area contributed by atoms with E-state index < -0.39 is 10.0 Å². The molecule has 1 fully saturated rings. The molecule has 6 rings (SSSR count). The van der Waals surface area contributed by atoms with E-state index in [-0.39, 0.29) is 23.4 Å². The standard InChI is InChI=1S/C31H32N2O5S/c1-32(30(34)13-8-22-14-17-38-21-22)24-10-12-27-29-18-23-9-11-25(37-2)19-28(23)31(27,20-24)15-16-33(29)39(35,36)26-6-4-3-5-7-26/h3-9,11-14,17,19,21,24,29H,10,15-16,18,20H2,1-2H3/b13-8+/t24-,29-,31+/m1/s1. The predicted molar refractivity (Wildman–Crippen MR) is 149 cm³/mol. The normalized spacial score (nSPS) is 24.5. The zero-order chi connectivity index (χ0) is 27.2. The molecule has 1 amide bonds. The highest BCUT2D eigenvalue weighted by Crippen LogP contribution is 2.55. The first-order valence-electron chi connectivity index (χ1n) is 13.3. The Morgan fingerprint density at radius 3 is 2.74 bits per heavy atom. The Morgan fingerprint density at radius 2 is 2.00 bits per heavy atom. The third-order valence-corrected chi connectivity index (χ3v) is 10.6. The van der Waals surface area contributed by atoms with Crippen LogP contribution in [0.1, 0.15) is 36.0 Å². The molecule has 0 spiro atoms. The predicted octanol–water partition coefficient (Wildman–Crippen LogP) is 4.81. The molecule has 0 N–H and O–H groups in total. The molecule has 0 radical (unpaired) electrons. The van der Waals surface area contributed by atoms with Gasteiger partial charge in [0.05, 0.1) is 30.6 Å². The lowest BCUT2D eigenvalue weighted by Crippen LogP contribution is -2.59. The van der Waals surface area contributed by atoms with Crippen LogP contribution in [0.25, 0.3) is 6.08 Å². The van der Waals surface area contributed by atoms with E-state index in [1.807, 2.05) is 30.1 Å². The summed E-state index contributed by atoms with van der Waals surface area (Å²) in [5.41, 5.74) is 3.96. The van der Waals surface area contributed by atoms with Gasteiger partial charge in [-0.05, 0) is 78.8 Å². The van der Waals surface area contributed by atoms with Crippen molar-refractivity contribution < 1.29 is 22.4 Å². The van der Waals surface area contributed by atoms with Gasteiger partial charge in [-0.3, -0.25) is 4.79 Å². The van der Waals surface area contributed by atoms with E-state index in [0.717, 1.165) is 28.9 Å². The second-order valence-corrected chi connectivity index (χ2v) is 12.5. The number of likely N-dealkylation sites (N-methyl/N-ethyl adjacent to an activating group) is 1. The molecule has 3 aromatic rings. The minimum Gasteiger partial charge on any atom is -0.497 e. The minimum absolute atomic E-state index is 0.0228. The molecular weight excluding hydrogens is 512 g/mol. The molecule has 3 atom stereocenters. The van der Waals surface area contributed by atoms with Crippen molar-refractivity contribution >= 4 is 22.0 Å². The third kappa shape index (κ3) is 4.32. The maximum absolute atomic E-state index is 13.8. The van der Waals surface area contributed by atoms with Crippen molar-refractivity contribution in [3.63, 3.8) is 0 Å². The van der Waals surface area contributed by atoms with Crippen LogP contribution in [0, 0.1) is 0 Å². The van der Waals surface area contributed by atoms with Crippen molar-refractivity contribution in [2.45, 2.75) is 48.1 Å². The van der Waals surface area contributed by atoms with Gasteiger partial charge in [0.2, 0.25) is 15.9 Å². The quantitative estimate of drug-likeness (QED) is 0.329. The lowest BCUT2D eigenvalue weighted by atomic mass is 9.56. The van der Waals surface area contributed by atoms with Gasteiger partial charge < -0.3 is 14.1 Å². The number of sulfonamides is 1. The van der Waals surface area contributed by atoms with Crippen LogP contribution in [0.2, 0.25) is 0 Å². The molecule has 2 aliphatic carbocycles. The smallest absolute Gasteiger partial charge is 0.246 e. The Labute approximate surface area is 229 Å². The number of furan rings is 1.